The minimum Gasteiger partial charge on any atom is -0.312 e. The first-order chi connectivity index (χ1) is 7.66. The number of rotatable bonds is 0. The van der Waals surface area contributed by atoms with Crippen molar-refractivity contribution in [1.82, 2.24) is 15.0 Å². The molecule has 0 amide bonds. The van der Waals surface area contributed by atoms with Crippen LogP contribution in [0.4, 0.5) is 0 Å². The van der Waals surface area contributed by atoms with E-state index in [9.17, 15) is 4.79 Å². The molecule has 3 aromatic rings. The van der Waals surface area contributed by atoms with Gasteiger partial charge in [0.25, 0.3) is 5.56 Å². The van der Waals surface area contributed by atoms with E-state index in [1.54, 1.807) is 0 Å². The zero-order valence-electron chi connectivity index (χ0n) is 8.87. The predicted molar refractivity (Wildman–Crippen MR) is 65.0 cm³/mol. The van der Waals surface area contributed by atoms with Gasteiger partial charge in [-0.15, -0.1) is 11.3 Å². The van der Waals surface area contributed by atoms with Crippen LogP contribution in [0, 0.1) is 13.8 Å². The second-order valence-corrected chi connectivity index (χ2v) is 4.77. The van der Waals surface area contributed by atoms with Crippen molar-refractivity contribution >= 4 is 31.8 Å². The number of nitrogens with one attached hydrogen (secondary N) is 1. The Balaban J connectivity index is 2.67. The van der Waals surface area contributed by atoms with E-state index in [0.717, 1.165) is 27.0 Å². The second kappa shape index (κ2) is 3.12. The van der Waals surface area contributed by atoms with Crippen molar-refractivity contribution in [3.8, 4) is 0 Å². The Morgan fingerprint density at radius 3 is 3.00 bits per heavy atom. The third-order valence-corrected chi connectivity index (χ3v) is 3.63. The van der Waals surface area contributed by atoms with E-state index in [2.05, 4.69) is 15.0 Å². The number of hydrogen-bond acceptors (Lipinski definition) is 4. The molecule has 0 fully saturated rings. The van der Waals surface area contributed by atoms with Gasteiger partial charge in [0.15, 0.2) is 0 Å². The molecule has 0 aliphatic rings. The molecule has 0 spiro atoms. The highest BCUT2D eigenvalue weighted by Crippen LogP contribution is 2.31. The van der Waals surface area contributed by atoms with Crippen LogP contribution in [-0.4, -0.2) is 15.0 Å². The van der Waals surface area contributed by atoms with Crippen LogP contribution in [0.2, 0.25) is 0 Å². The van der Waals surface area contributed by atoms with E-state index in [-0.39, 0.29) is 5.56 Å². The summed E-state index contributed by atoms with van der Waals surface area (Å²) in [5.74, 6) is 0. The number of thiophene rings is 1. The van der Waals surface area contributed by atoms with Gasteiger partial charge in [0.2, 0.25) is 0 Å². The lowest BCUT2D eigenvalue weighted by atomic mass is 10.1. The van der Waals surface area contributed by atoms with Gasteiger partial charge in [-0.3, -0.25) is 4.79 Å². The van der Waals surface area contributed by atoms with Crippen LogP contribution < -0.4 is 5.56 Å². The smallest absolute Gasteiger partial charge is 0.268 e. The number of H-pyrrole nitrogens is 1. The molecule has 0 saturated heterocycles. The largest absolute Gasteiger partial charge is 0.312 e. The fourth-order valence-electron chi connectivity index (χ4n) is 1.92. The molecule has 4 nitrogen and oxygen atoms in total. The van der Waals surface area contributed by atoms with Crippen molar-refractivity contribution in [3.05, 3.63) is 34.0 Å². The Labute approximate surface area is 95.0 Å². The number of fused-ring (bicyclic) bond motifs is 3. The minimum atomic E-state index is -0.0925. The van der Waals surface area contributed by atoms with Gasteiger partial charge in [0, 0.05) is 11.1 Å². The highest BCUT2D eigenvalue weighted by atomic mass is 32.1. The zero-order valence-corrected chi connectivity index (χ0v) is 9.68. The van der Waals surface area contributed by atoms with Crippen LogP contribution in [0.3, 0.4) is 0 Å². The normalized spacial score (nSPS) is 11.4. The van der Waals surface area contributed by atoms with Gasteiger partial charge in [-0.2, -0.15) is 0 Å². The van der Waals surface area contributed by atoms with E-state index >= 15 is 0 Å². The molecule has 3 heterocycles. The highest BCUT2D eigenvalue weighted by molar-refractivity contribution is 7.25. The molecular formula is C11H9N3OS. The van der Waals surface area contributed by atoms with Crippen LogP contribution in [0.1, 0.15) is 11.3 Å². The Morgan fingerprint density at radius 1 is 1.38 bits per heavy atom. The number of nitrogens with zero attached hydrogens (tertiary/aromatic N) is 2. The monoisotopic (exact) mass is 231 g/mol. The fourth-order valence-corrected chi connectivity index (χ4v) is 3.07. The average molecular weight is 231 g/mol. The molecule has 80 valence electrons. The van der Waals surface area contributed by atoms with E-state index < -0.39 is 0 Å². The molecule has 0 aliphatic heterocycles. The summed E-state index contributed by atoms with van der Waals surface area (Å²) in [4.78, 5) is 23.8. The van der Waals surface area contributed by atoms with E-state index in [1.807, 2.05) is 19.9 Å². The first kappa shape index (κ1) is 9.47. The number of aromatic amines is 1. The molecule has 0 aliphatic carbocycles. The Bertz CT molecular complexity index is 757. The van der Waals surface area contributed by atoms with Gasteiger partial charge in [0.1, 0.15) is 9.53 Å². The summed E-state index contributed by atoms with van der Waals surface area (Å²) >= 11 is 1.40. The summed E-state index contributed by atoms with van der Waals surface area (Å²) in [5, 5.41) is 0.997. The summed E-state index contributed by atoms with van der Waals surface area (Å²) in [7, 11) is 0. The van der Waals surface area contributed by atoms with Crippen LogP contribution in [-0.2, 0) is 0 Å². The molecule has 3 aromatic heterocycles. The number of pyridine rings is 1. The molecule has 0 unspecified atom stereocenters. The van der Waals surface area contributed by atoms with Crippen LogP contribution in [0.15, 0.2) is 17.2 Å². The van der Waals surface area contributed by atoms with Crippen molar-refractivity contribution in [1.29, 1.82) is 0 Å². The molecule has 1 N–H and O–H groups in total. The molecule has 3 rings (SSSR count). The number of hydrogen-bond donors (Lipinski definition) is 1. The molecular weight excluding hydrogens is 222 g/mol. The highest BCUT2D eigenvalue weighted by Gasteiger charge is 2.12. The predicted octanol–water partition coefficient (Wildman–Crippen LogP) is 2.15. The Kier molecular flexibility index (Phi) is 1.85. The van der Waals surface area contributed by atoms with E-state index in [1.165, 1.54) is 17.7 Å². The first-order valence-electron chi connectivity index (χ1n) is 4.91. The lowest BCUT2D eigenvalue weighted by Crippen LogP contribution is -2.03. The number of aryl methyl sites for hydroxylation is 2. The molecule has 0 radical (unpaired) electrons. The summed E-state index contributed by atoms with van der Waals surface area (Å²) in [6.45, 7) is 3.97. The van der Waals surface area contributed by atoms with Crippen molar-refractivity contribution in [2.45, 2.75) is 13.8 Å². The minimum absolute atomic E-state index is 0.0925. The van der Waals surface area contributed by atoms with Crippen molar-refractivity contribution < 1.29 is 0 Å². The average Bonchev–Trinajstić information content (AvgIpc) is 2.57. The summed E-state index contributed by atoms with van der Waals surface area (Å²) in [6, 6.07) is 2.01. The molecule has 0 bridgehead atoms. The van der Waals surface area contributed by atoms with Crippen molar-refractivity contribution in [3.63, 3.8) is 0 Å². The molecule has 0 atom stereocenters. The third-order valence-electron chi connectivity index (χ3n) is 2.56. The van der Waals surface area contributed by atoms with E-state index in [4.69, 9.17) is 0 Å². The lowest BCUT2D eigenvalue weighted by molar-refractivity contribution is 1.18. The van der Waals surface area contributed by atoms with Crippen molar-refractivity contribution in [2.24, 2.45) is 0 Å². The van der Waals surface area contributed by atoms with Gasteiger partial charge in [-0.1, -0.05) is 0 Å². The van der Waals surface area contributed by atoms with Gasteiger partial charge >= 0.3 is 0 Å². The molecule has 16 heavy (non-hydrogen) atoms. The number of aromatic nitrogens is 3. The zero-order chi connectivity index (χ0) is 11.3. The first-order valence-corrected chi connectivity index (χ1v) is 5.72. The standard InChI is InChI=1S/C11H9N3OS/c1-5-3-6(2)14-11-7(5)8-9(16-11)10(15)13-4-12-8/h3-4H,1-2H3,(H,12,13,15). The summed E-state index contributed by atoms with van der Waals surface area (Å²) in [6.07, 6.45) is 1.44. The maximum atomic E-state index is 11.6. The summed E-state index contributed by atoms with van der Waals surface area (Å²) < 4.78 is 0.652. The third kappa shape index (κ3) is 1.18. The van der Waals surface area contributed by atoms with Gasteiger partial charge in [0.05, 0.1) is 11.8 Å². The molecule has 5 heteroatoms. The lowest BCUT2D eigenvalue weighted by Gasteiger charge is -1.97. The van der Waals surface area contributed by atoms with Gasteiger partial charge in [-0.05, 0) is 25.5 Å². The van der Waals surface area contributed by atoms with Crippen LogP contribution in [0.5, 0.6) is 0 Å². The maximum Gasteiger partial charge on any atom is 0.268 e. The quantitative estimate of drug-likeness (QED) is 0.645. The Morgan fingerprint density at radius 2 is 2.19 bits per heavy atom. The van der Waals surface area contributed by atoms with Gasteiger partial charge in [-0.25, -0.2) is 9.97 Å². The molecule has 0 aromatic carbocycles. The second-order valence-electron chi connectivity index (χ2n) is 3.77. The van der Waals surface area contributed by atoms with Gasteiger partial charge < -0.3 is 4.98 Å². The fraction of sp³-hybridized carbons (Fsp3) is 0.182. The van der Waals surface area contributed by atoms with E-state index in [0.29, 0.717) is 4.70 Å². The SMILES string of the molecule is Cc1cc(C)c2c(n1)sc1c(=O)[nH]cnc12. The van der Waals surface area contributed by atoms with Crippen molar-refractivity contribution in [2.75, 3.05) is 0 Å². The van der Waals surface area contributed by atoms with Crippen LogP contribution in [0.25, 0.3) is 20.4 Å². The summed E-state index contributed by atoms with van der Waals surface area (Å²) in [5.41, 5.74) is 2.75. The molecule has 0 saturated carbocycles. The van der Waals surface area contributed by atoms with Crippen LogP contribution >= 0.6 is 11.3 Å². The Hall–Kier alpha value is -1.75. The maximum absolute atomic E-state index is 11.6. The topological polar surface area (TPSA) is 58.6 Å².